The zero-order valence-corrected chi connectivity index (χ0v) is 17.0. The lowest BCUT2D eigenvalue weighted by molar-refractivity contribution is -0.258. The highest BCUT2D eigenvalue weighted by Gasteiger charge is 2.68. The minimum absolute atomic E-state index is 0.173. The number of ether oxygens (including phenoxy) is 1. The summed E-state index contributed by atoms with van der Waals surface area (Å²) in [5.74, 6) is -0.267. The van der Waals surface area contributed by atoms with Gasteiger partial charge >= 0.3 is 5.97 Å². The van der Waals surface area contributed by atoms with Crippen LogP contribution in [-0.4, -0.2) is 21.7 Å². The molecule has 4 heteroatoms. The number of alkyl halides is 1. The van der Waals surface area contributed by atoms with Gasteiger partial charge in [-0.3, -0.25) is 4.79 Å². The first kappa shape index (κ1) is 17.8. The van der Waals surface area contributed by atoms with E-state index in [9.17, 15) is 9.90 Å². The van der Waals surface area contributed by atoms with E-state index in [0.717, 1.165) is 32.1 Å². The lowest BCUT2D eigenvalue weighted by Crippen LogP contribution is -2.57. The largest absolute Gasteiger partial charge is 0.432 e. The summed E-state index contributed by atoms with van der Waals surface area (Å²) in [7, 11) is 0. The van der Waals surface area contributed by atoms with Gasteiger partial charge in [-0.2, -0.15) is 0 Å². The van der Waals surface area contributed by atoms with Crippen LogP contribution < -0.4 is 0 Å². The number of fused-ring (bicyclic) bond motifs is 5. The van der Waals surface area contributed by atoms with Crippen molar-refractivity contribution in [2.75, 3.05) is 0 Å². The molecule has 0 bridgehead atoms. The van der Waals surface area contributed by atoms with Crippen LogP contribution in [0.25, 0.3) is 0 Å². The Kier molecular flexibility index (Phi) is 4.05. The van der Waals surface area contributed by atoms with Crippen molar-refractivity contribution in [1.82, 2.24) is 0 Å². The molecule has 4 aliphatic rings. The summed E-state index contributed by atoms with van der Waals surface area (Å²) in [5.41, 5.74) is 1.41. The molecule has 2 unspecified atom stereocenters. The van der Waals surface area contributed by atoms with Gasteiger partial charge in [0.1, 0.15) is 0 Å². The number of aliphatic hydroxyl groups is 1. The molecule has 1 N–H and O–H groups in total. The van der Waals surface area contributed by atoms with Gasteiger partial charge in [-0.15, -0.1) is 0 Å². The van der Waals surface area contributed by atoms with Crippen LogP contribution in [0.1, 0.15) is 59.3 Å². The van der Waals surface area contributed by atoms with Crippen LogP contribution in [0, 0.1) is 28.6 Å². The fraction of sp³-hybridized carbons (Fsp3) is 0.762. The number of hydrogen-bond acceptors (Lipinski definition) is 3. The Morgan fingerprint density at radius 1 is 1.36 bits per heavy atom. The molecule has 0 aromatic rings. The molecule has 0 amide bonds. The number of esters is 1. The second kappa shape index (κ2) is 5.69. The molecular formula is C21H29BrO3. The highest BCUT2D eigenvalue weighted by atomic mass is 79.9. The van der Waals surface area contributed by atoms with Crippen molar-refractivity contribution in [2.24, 2.45) is 28.6 Å². The summed E-state index contributed by atoms with van der Waals surface area (Å²) < 4.78 is 5.54. The summed E-state index contributed by atoms with van der Waals surface area (Å²) in [6.45, 7) is 5.94. The van der Waals surface area contributed by atoms with Crippen LogP contribution in [-0.2, 0) is 9.53 Å². The van der Waals surface area contributed by atoms with E-state index in [2.05, 4.69) is 48.0 Å². The number of carbonyl (C=O) groups excluding carboxylic acids is 1. The fourth-order valence-electron chi connectivity index (χ4n) is 6.61. The van der Waals surface area contributed by atoms with Gasteiger partial charge in [0.05, 0.1) is 4.83 Å². The Bertz CT molecular complexity index is 656. The zero-order valence-electron chi connectivity index (χ0n) is 15.4. The molecule has 4 aliphatic carbocycles. The number of hydrogen-bond donors (Lipinski definition) is 1. The van der Waals surface area contributed by atoms with E-state index >= 15 is 0 Å². The number of halogens is 1. The summed E-state index contributed by atoms with van der Waals surface area (Å²) >= 11 is 3.66. The normalized spacial score (nSPS) is 51.2. The number of rotatable bonds is 1. The van der Waals surface area contributed by atoms with E-state index in [1.807, 2.05) is 0 Å². The molecule has 0 radical (unpaired) electrons. The Balaban J connectivity index is 1.71. The molecule has 2 saturated carbocycles. The van der Waals surface area contributed by atoms with E-state index in [-0.39, 0.29) is 15.7 Å². The van der Waals surface area contributed by atoms with Gasteiger partial charge in [-0.1, -0.05) is 53.6 Å². The van der Waals surface area contributed by atoms with E-state index in [1.165, 1.54) is 13.3 Å². The summed E-state index contributed by atoms with van der Waals surface area (Å²) in [4.78, 5) is 11.5. The average Bonchev–Trinajstić information content (AvgIpc) is 2.74. The molecule has 0 aromatic heterocycles. The van der Waals surface area contributed by atoms with Crippen LogP contribution in [0.4, 0.5) is 0 Å². The minimum Gasteiger partial charge on any atom is -0.432 e. The highest BCUT2D eigenvalue weighted by molar-refractivity contribution is 9.09. The predicted octanol–water partition coefficient (Wildman–Crippen LogP) is 4.74. The Labute approximate surface area is 159 Å². The predicted molar refractivity (Wildman–Crippen MR) is 101 cm³/mol. The minimum atomic E-state index is -1.40. The SMILES string of the molecule is CC(=O)OC1(O)C(Br)C[C@H]2[C@@H]3CC=C4CCC=C[C@]4(C)[C@@H]3CC[C@@]21C. The first-order valence-electron chi connectivity index (χ1n) is 9.65. The molecule has 138 valence electrons. The molecule has 2 fully saturated rings. The molecule has 3 nitrogen and oxygen atoms in total. The standard InChI is InChI=1S/C21H29BrO3/c1-13(23)25-21(24)18(22)12-17-15-8-7-14-6-4-5-10-19(14,2)16(15)9-11-20(17,21)3/h5,7,10,15-18,24H,4,6,8-9,11-12H2,1-3H3/t15-,16-,17+,18?,19+,20+,21?/m1/s1. The zero-order chi connectivity index (χ0) is 18.0. The highest BCUT2D eigenvalue weighted by Crippen LogP contribution is 2.67. The van der Waals surface area contributed by atoms with Crippen molar-refractivity contribution in [3.63, 3.8) is 0 Å². The maximum Gasteiger partial charge on any atom is 0.305 e. The Morgan fingerprint density at radius 3 is 2.84 bits per heavy atom. The van der Waals surface area contributed by atoms with E-state index < -0.39 is 11.8 Å². The van der Waals surface area contributed by atoms with E-state index in [4.69, 9.17) is 4.74 Å². The maximum absolute atomic E-state index is 11.7. The van der Waals surface area contributed by atoms with Gasteiger partial charge in [0.25, 0.3) is 0 Å². The van der Waals surface area contributed by atoms with Crippen molar-refractivity contribution >= 4 is 21.9 Å². The molecular weight excluding hydrogens is 380 g/mol. The van der Waals surface area contributed by atoms with Crippen LogP contribution in [0.15, 0.2) is 23.8 Å². The summed E-state index contributed by atoms with van der Waals surface area (Å²) in [6.07, 6.45) is 13.6. The van der Waals surface area contributed by atoms with Crippen molar-refractivity contribution in [3.05, 3.63) is 23.8 Å². The molecule has 0 saturated heterocycles. The van der Waals surface area contributed by atoms with Crippen molar-refractivity contribution < 1.29 is 14.6 Å². The Hall–Kier alpha value is -0.610. The molecule has 7 atom stereocenters. The Morgan fingerprint density at radius 2 is 2.12 bits per heavy atom. The topological polar surface area (TPSA) is 46.5 Å². The third-order valence-electron chi connectivity index (χ3n) is 7.97. The molecule has 0 aliphatic heterocycles. The first-order valence-corrected chi connectivity index (χ1v) is 10.6. The molecule has 25 heavy (non-hydrogen) atoms. The van der Waals surface area contributed by atoms with Crippen LogP contribution in [0.2, 0.25) is 0 Å². The van der Waals surface area contributed by atoms with Crippen molar-refractivity contribution in [3.8, 4) is 0 Å². The first-order chi connectivity index (χ1) is 11.7. The summed E-state index contributed by atoms with van der Waals surface area (Å²) in [5, 5.41) is 11.4. The number of allylic oxidation sites excluding steroid dienone is 4. The molecule has 0 heterocycles. The second-order valence-electron chi connectivity index (χ2n) is 9.02. The average molecular weight is 409 g/mol. The van der Waals surface area contributed by atoms with Crippen molar-refractivity contribution in [2.45, 2.75) is 69.9 Å². The molecule has 0 aromatic carbocycles. The molecule has 0 spiro atoms. The van der Waals surface area contributed by atoms with Gasteiger partial charge in [0, 0.05) is 17.8 Å². The van der Waals surface area contributed by atoms with Gasteiger partial charge in [-0.25, -0.2) is 0 Å². The number of carbonyl (C=O) groups is 1. The smallest absolute Gasteiger partial charge is 0.305 e. The van der Waals surface area contributed by atoms with Crippen LogP contribution in [0.3, 0.4) is 0 Å². The monoisotopic (exact) mass is 408 g/mol. The fourth-order valence-corrected chi connectivity index (χ4v) is 7.63. The quantitative estimate of drug-likeness (QED) is 0.295. The third kappa shape index (κ3) is 2.29. The lowest BCUT2D eigenvalue weighted by atomic mass is 9.49. The lowest BCUT2D eigenvalue weighted by Gasteiger charge is -2.57. The van der Waals surface area contributed by atoms with Crippen LogP contribution >= 0.6 is 15.9 Å². The second-order valence-corrected chi connectivity index (χ2v) is 10.1. The maximum atomic E-state index is 11.7. The van der Waals surface area contributed by atoms with Gasteiger partial charge in [0.2, 0.25) is 5.79 Å². The third-order valence-corrected chi connectivity index (χ3v) is 8.97. The van der Waals surface area contributed by atoms with Gasteiger partial charge < -0.3 is 9.84 Å². The van der Waals surface area contributed by atoms with Crippen LogP contribution in [0.5, 0.6) is 0 Å². The van der Waals surface area contributed by atoms with Crippen molar-refractivity contribution in [1.29, 1.82) is 0 Å². The summed E-state index contributed by atoms with van der Waals surface area (Å²) in [6, 6.07) is 0. The van der Waals surface area contributed by atoms with Gasteiger partial charge in [0.15, 0.2) is 0 Å². The van der Waals surface area contributed by atoms with E-state index in [1.54, 1.807) is 5.57 Å². The van der Waals surface area contributed by atoms with E-state index in [0.29, 0.717) is 17.8 Å². The van der Waals surface area contributed by atoms with Gasteiger partial charge in [-0.05, 0) is 56.3 Å². The molecule has 4 rings (SSSR count).